The zero-order valence-corrected chi connectivity index (χ0v) is 15.3. The van der Waals surface area contributed by atoms with E-state index in [2.05, 4.69) is 46.9 Å². The first-order valence-electron chi connectivity index (χ1n) is 8.27. The van der Waals surface area contributed by atoms with Gasteiger partial charge in [0.15, 0.2) is 0 Å². The molecule has 0 saturated carbocycles. The number of nitrogens with zero attached hydrogens (tertiary/aromatic N) is 2. The van der Waals surface area contributed by atoms with Crippen molar-refractivity contribution in [2.24, 2.45) is 0 Å². The Morgan fingerprint density at radius 3 is 2.19 bits per heavy atom. The molecule has 0 aliphatic rings. The number of pyridine rings is 2. The Kier molecular flexibility index (Phi) is 7.53. The number of fused-ring (bicyclic) bond motifs is 1. The molecule has 0 fully saturated rings. The van der Waals surface area contributed by atoms with Crippen molar-refractivity contribution < 1.29 is 0 Å². The lowest BCUT2D eigenvalue weighted by Crippen LogP contribution is -1.89. The zero-order chi connectivity index (χ0) is 17.3. The Morgan fingerprint density at radius 2 is 1.46 bits per heavy atom. The molecule has 4 rings (SSSR count). The van der Waals surface area contributed by atoms with Crippen LogP contribution in [0.15, 0.2) is 97.8 Å². The van der Waals surface area contributed by atoms with Gasteiger partial charge in [-0.05, 0) is 35.4 Å². The SMILES string of the molecule is C=Cc1ccnc2ccccc12.Cl.c1ccc(Cc2ccccn2)cc1. The highest BCUT2D eigenvalue weighted by Crippen LogP contribution is 2.16. The van der Waals surface area contributed by atoms with Gasteiger partial charge >= 0.3 is 0 Å². The molecule has 0 atom stereocenters. The van der Waals surface area contributed by atoms with Crippen LogP contribution in [0.5, 0.6) is 0 Å². The average molecular weight is 361 g/mol. The molecule has 0 aliphatic carbocycles. The predicted octanol–water partition coefficient (Wildman–Crippen LogP) is 5.97. The molecular formula is C23H21ClN2. The van der Waals surface area contributed by atoms with Gasteiger partial charge in [0, 0.05) is 29.9 Å². The van der Waals surface area contributed by atoms with Crippen LogP contribution in [0.4, 0.5) is 0 Å². The van der Waals surface area contributed by atoms with E-state index >= 15 is 0 Å². The first kappa shape index (κ1) is 19.4. The summed E-state index contributed by atoms with van der Waals surface area (Å²) in [5.41, 5.74) is 4.59. The molecule has 0 radical (unpaired) electrons. The van der Waals surface area contributed by atoms with E-state index in [0.29, 0.717) is 0 Å². The number of aromatic nitrogens is 2. The van der Waals surface area contributed by atoms with Crippen molar-refractivity contribution in [2.45, 2.75) is 6.42 Å². The van der Waals surface area contributed by atoms with Crippen LogP contribution in [0.25, 0.3) is 17.0 Å². The molecule has 0 amide bonds. The highest BCUT2D eigenvalue weighted by molar-refractivity contribution is 5.87. The second-order valence-corrected chi connectivity index (χ2v) is 5.60. The zero-order valence-electron chi connectivity index (χ0n) is 14.5. The van der Waals surface area contributed by atoms with E-state index < -0.39 is 0 Å². The van der Waals surface area contributed by atoms with E-state index in [9.17, 15) is 0 Å². The normalized spacial score (nSPS) is 9.54. The molecule has 2 nitrogen and oxygen atoms in total. The fraction of sp³-hybridized carbons (Fsp3) is 0.0435. The molecule has 26 heavy (non-hydrogen) atoms. The van der Waals surface area contributed by atoms with Crippen molar-refractivity contribution in [3.05, 3.63) is 115 Å². The van der Waals surface area contributed by atoms with Crippen molar-refractivity contribution in [2.75, 3.05) is 0 Å². The summed E-state index contributed by atoms with van der Waals surface area (Å²) in [6.45, 7) is 3.75. The molecule has 0 unspecified atom stereocenters. The lowest BCUT2D eigenvalue weighted by Gasteiger charge is -1.99. The van der Waals surface area contributed by atoms with Gasteiger partial charge in [0.25, 0.3) is 0 Å². The van der Waals surface area contributed by atoms with Crippen LogP contribution < -0.4 is 0 Å². The molecule has 0 saturated heterocycles. The molecule has 0 N–H and O–H groups in total. The van der Waals surface area contributed by atoms with Crippen LogP contribution in [0.2, 0.25) is 0 Å². The Bertz CT molecular complexity index is 895. The van der Waals surface area contributed by atoms with Gasteiger partial charge in [0.1, 0.15) is 0 Å². The van der Waals surface area contributed by atoms with E-state index in [1.165, 1.54) is 5.56 Å². The summed E-state index contributed by atoms with van der Waals surface area (Å²) in [5.74, 6) is 0. The highest BCUT2D eigenvalue weighted by atomic mass is 35.5. The summed E-state index contributed by atoms with van der Waals surface area (Å²) in [4.78, 5) is 8.52. The summed E-state index contributed by atoms with van der Waals surface area (Å²) < 4.78 is 0. The second kappa shape index (κ2) is 10.1. The van der Waals surface area contributed by atoms with E-state index in [0.717, 1.165) is 28.6 Å². The van der Waals surface area contributed by atoms with Gasteiger partial charge < -0.3 is 0 Å². The minimum atomic E-state index is 0. The fourth-order valence-electron chi connectivity index (χ4n) is 2.60. The molecule has 0 aliphatic heterocycles. The number of halogens is 1. The number of hydrogen-bond donors (Lipinski definition) is 0. The van der Waals surface area contributed by atoms with Crippen LogP contribution in [0.3, 0.4) is 0 Å². The Balaban J connectivity index is 0.000000180. The van der Waals surface area contributed by atoms with Crippen LogP contribution in [-0.4, -0.2) is 9.97 Å². The third-order valence-corrected chi connectivity index (χ3v) is 3.86. The van der Waals surface area contributed by atoms with E-state index in [-0.39, 0.29) is 12.4 Å². The van der Waals surface area contributed by atoms with Crippen LogP contribution in [0.1, 0.15) is 16.8 Å². The van der Waals surface area contributed by atoms with Gasteiger partial charge in [-0.15, -0.1) is 12.4 Å². The molecule has 3 heteroatoms. The van der Waals surface area contributed by atoms with Gasteiger partial charge in [-0.2, -0.15) is 0 Å². The Morgan fingerprint density at radius 1 is 0.731 bits per heavy atom. The van der Waals surface area contributed by atoms with Gasteiger partial charge in [-0.3, -0.25) is 9.97 Å². The number of rotatable bonds is 3. The predicted molar refractivity (Wildman–Crippen MR) is 113 cm³/mol. The smallest absolute Gasteiger partial charge is 0.0707 e. The lowest BCUT2D eigenvalue weighted by molar-refractivity contribution is 1.07. The van der Waals surface area contributed by atoms with Crippen molar-refractivity contribution >= 4 is 29.4 Å². The standard InChI is InChI=1S/C12H11N.C11H9N.ClH/c1-2-6-11(7-3-1)10-12-8-4-5-9-13-12;1-2-9-7-8-12-11-6-4-3-5-10(9)11;/h1-9H,10H2;2-8H,1H2;1H. The number of hydrogen-bond acceptors (Lipinski definition) is 2. The lowest BCUT2D eigenvalue weighted by atomic mass is 10.1. The van der Waals surface area contributed by atoms with Crippen LogP contribution in [0, 0.1) is 0 Å². The molecule has 2 aromatic heterocycles. The molecule has 4 aromatic rings. The van der Waals surface area contributed by atoms with Crippen molar-refractivity contribution in [1.29, 1.82) is 0 Å². The highest BCUT2D eigenvalue weighted by Gasteiger charge is 1.95. The summed E-state index contributed by atoms with van der Waals surface area (Å²) in [6, 6.07) is 26.4. The van der Waals surface area contributed by atoms with Crippen molar-refractivity contribution in [1.82, 2.24) is 9.97 Å². The maximum Gasteiger partial charge on any atom is 0.0707 e. The maximum atomic E-state index is 4.27. The largest absolute Gasteiger partial charge is 0.261 e. The first-order valence-corrected chi connectivity index (χ1v) is 8.27. The van der Waals surface area contributed by atoms with Crippen LogP contribution >= 0.6 is 12.4 Å². The molecule has 0 bridgehead atoms. The van der Waals surface area contributed by atoms with Gasteiger partial charge in [-0.25, -0.2) is 0 Å². The topological polar surface area (TPSA) is 25.8 Å². The van der Waals surface area contributed by atoms with Crippen molar-refractivity contribution in [3.63, 3.8) is 0 Å². The summed E-state index contributed by atoms with van der Waals surface area (Å²) >= 11 is 0. The Hall–Kier alpha value is -2.97. The Labute approximate surface area is 160 Å². The molecule has 2 heterocycles. The summed E-state index contributed by atoms with van der Waals surface area (Å²) in [6.07, 6.45) is 6.41. The van der Waals surface area contributed by atoms with Gasteiger partial charge in [-0.1, -0.05) is 67.3 Å². The third-order valence-electron chi connectivity index (χ3n) is 3.86. The monoisotopic (exact) mass is 360 g/mol. The van der Waals surface area contributed by atoms with Gasteiger partial charge in [0.2, 0.25) is 0 Å². The van der Waals surface area contributed by atoms with Crippen LogP contribution in [-0.2, 0) is 6.42 Å². The minimum absolute atomic E-state index is 0. The third kappa shape index (κ3) is 5.27. The van der Waals surface area contributed by atoms with E-state index in [4.69, 9.17) is 0 Å². The number of para-hydroxylation sites is 1. The average Bonchev–Trinajstić information content (AvgIpc) is 2.69. The molecule has 0 spiro atoms. The fourth-order valence-corrected chi connectivity index (χ4v) is 2.60. The van der Waals surface area contributed by atoms with Crippen molar-refractivity contribution in [3.8, 4) is 0 Å². The van der Waals surface area contributed by atoms with E-state index in [1.54, 1.807) is 6.20 Å². The van der Waals surface area contributed by atoms with E-state index in [1.807, 2.05) is 60.8 Å². The molecule has 130 valence electrons. The number of benzene rings is 2. The minimum Gasteiger partial charge on any atom is -0.261 e. The second-order valence-electron chi connectivity index (χ2n) is 5.60. The summed E-state index contributed by atoms with van der Waals surface area (Å²) in [5, 5.41) is 1.16. The quantitative estimate of drug-likeness (QED) is 0.449. The maximum absolute atomic E-state index is 4.27. The summed E-state index contributed by atoms with van der Waals surface area (Å²) in [7, 11) is 0. The van der Waals surface area contributed by atoms with Gasteiger partial charge in [0.05, 0.1) is 5.52 Å². The molecular weight excluding hydrogens is 340 g/mol. The first-order chi connectivity index (χ1) is 12.4. The molecule has 2 aromatic carbocycles.